The average Bonchev–Trinajstić information content (AvgIpc) is 2.46. The van der Waals surface area contributed by atoms with Crippen LogP contribution in [-0.2, 0) is 9.05 Å². The van der Waals surface area contributed by atoms with Gasteiger partial charge in [-0.3, -0.25) is 15.0 Å². The van der Waals surface area contributed by atoms with Crippen molar-refractivity contribution in [2.75, 3.05) is 0 Å². The van der Waals surface area contributed by atoms with Crippen molar-refractivity contribution >= 4 is 30.6 Å². The third-order valence-corrected chi connectivity index (χ3v) is 3.19. The Kier molecular flexibility index (Phi) is 1.90. The molecule has 0 amide bonds. The summed E-state index contributed by atoms with van der Waals surface area (Å²) in [5, 5.41) is 4.88. The standard InChI is InChI=1S/C7H5ClN2O3S/c8-14(12,13)5-3-1-2-4-6(5)7(11)10-9-4/h1-3H,(H2,9,10,11). The first-order chi connectivity index (χ1) is 6.50. The van der Waals surface area contributed by atoms with Crippen LogP contribution in [0.4, 0.5) is 0 Å². The van der Waals surface area contributed by atoms with Gasteiger partial charge in [0.1, 0.15) is 0 Å². The molecule has 5 nitrogen and oxygen atoms in total. The second kappa shape index (κ2) is 2.86. The zero-order valence-electron chi connectivity index (χ0n) is 6.74. The quantitative estimate of drug-likeness (QED) is 0.713. The Morgan fingerprint density at radius 2 is 1.93 bits per heavy atom. The summed E-state index contributed by atoms with van der Waals surface area (Å²) < 4.78 is 22.2. The highest BCUT2D eigenvalue weighted by molar-refractivity contribution is 8.14. The SMILES string of the molecule is O=c1[nH][nH]c2cccc(S(=O)(=O)Cl)c12. The number of hydrogen-bond acceptors (Lipinski definition) is 3. The topological polar surface area (TPSA) is 82.8 Å². The van der Waals surface area contributed by atoms with E-state index in [2.05, 4.69) is 10.2 Å². The monoisotopic (exact) mass is 232 g/mol. The Balaban J connectivity index is 3.04. The molecule has 0 saturated heterocycles. The second-order valence-corrected chi connectivity index (χ2v) is 5.23. The van der Waals surface area contributed by atoms with E-state index in [4.69, 9.17) is 10.7 Å². The van der Waals surface area contributed by atoms with E-state index in [1.807, 2.05) is 0 Å². The summed E-state index contributed by atoms with van der Waals surface area (Å²) >= 11 is 0. The molecule has 0 aliphatic carbocycles. The third kappa shape index (κ3) is 1.32. The number of fused-ring (bicyclic) bond motifs is 1. The number of halogens is 1. The van der Waals surface area contributed by atoms with Crippen LogP contribution < -0.4 is 5.56 Å². The fourth-order valence-corrected chi connectivity index (χ4v) is 2.33. The molecule has 0 radical (unpaired) electrons. The van der Waals surface area contributed by atoms with Gasteiger partial charge in [0, 0.05) is 10.7 Å². The van der Waals surface area contributed by atoms with E-state index in [9.17, 15) is 13.2 Å². The largest absolute Gasteiger partial charge is 0.297 e. The highest BCUT2D eigenvalue weighted by Gasteiger charge is 2.16. The summed E-state index contributed by atoms with van der Waals surface area (Å²) in [5.74, 6) is 0. The first-order valence-electron chi connectivity index (χ1n) is 3.64. The lowest BCUT2D eigenvalue weighted by Crippen LogP contribution is -2.02. The molecule has 1 aromatic carbocycles. The Morgan fingerprint density at radius 3 is 2.57 bits per heavy atom. The highest BCUT2D eigenvalue weighted by atomic mass is 35.7. The molecular formula is C7H5ClN2O3S. The van der Waals surface area contributed by atoms with E-state index >= 15 is 0 Å². The van der Waals surface area contributed by atoms with Gasteiger partial charge in [0.25, 0.3) is 14.6 Å². The molecule has 1 heterocycles. The Morgan fingerprint density at radius 1 is 1.21 bits per heavy atom. The minimum absolute atomic E-state index is 0.0579. The normalized spacial score (nSPS) is 12.1. The van der Waals surface area contributed by atoms with Crippen molar-refractivity contribution in [1.29, 1.82) is 0 Å². The van der Waals surface area contributed by atoms with Gasteiger partial charge in [-0.2, -0.15) is 0 Å². The molecule has 0 unspecified atom stereocenters. The Labute approximate surface area is 83.1 Å². The van der Waals surface area contributed by atoms with Gasteiger partial charge in [0.2, 0.25) is 0 Å². The molecule has 7 heteroatoms. The molecule has 2 rings (SSSR count). The van der Waals surface area contributed by atoms with Crippen molar-refractivity contribution in [2.24, 2.45) is 0 Å². The zero-order valence-corrected chi connectivity index (χ0v) is 8.32. The highest BCUT2D eigenvalue weighted by Crippen LogP contribution is 2.21. The number of benzene rings is 1. The maximum absolute atomic E-state index is 11.2. The van der Waals surface area contributed by atoms with Crippen LogP contribution in [0.3, 0.4) is 0 Å². The average molecular weight is 233 g/mol. The second-order valence-electron chi connectivity index (χ2n) is 2.70. The molecule has 14 heavy (non-hydrogen) atoms. The molecule has 0 saturated carbocycles. The molecule has 0 spiro atoms. The molecule has 0 fully saturated rings. The van der Waals surface area contributed by atoms with Crippen LogP contribution in [0.15, 0.2) is 27.9 Å². The molecule has 1 aromatic heterocycles. The zero-order chi connectivity index (χ0) is 10.3. The van der Waals surface area contributed by atoms with Crippen molar-refractivity contribution in [1.82, 2.24) is 10.2 Å². The molecule has 74 valence electrons. The predicted octanol–water partition coefficient (Wildman–Crippen LogP) is 0.784. The van der Waals surface area contributed by atoms with Crippen LogP contribution in [0.25, 0.3) is 10.9 Å². The van der Waals surface area contributed by atoms with Gasteiger partial charge in [-0.15, -0.1) is 0 Å². The maximum Gasteiger partial charge on any atom is 0.273 e. The molecule has 0 atom stereocenters. The van der Waals surface area contributed by atoms with Gasteiger partial charge >= 0.3 is 0 Å². The summed E-state index contributed by atoms with van der Waals surface area (Å²) in [6.45, 7) is 0. The minimum Gasteiger partial charge on any atom is -0.297 e. The van der Waals surface area contributed by atoms with Gasteiger partial charge in [0.05, 0.1) is 15.8 Å². The lowest BCUT2D eigenvalue weighted by Gasteiger charge is -1.95. The van der Waals surface area contributed by atoms with E-state index in [1.54, 1.807) is 6.07 Å². The van der Waals surface area contributed by atoms with Crippen LogP contribution in [0.1, 0.15) is 0 Å². The molecule has 0 bridgehead atoms. The van der Waals surface area contributed by atoms with E-state index < -0.39 is 14.6 Å². The van der Waals surface area contributed by atoms with Gasteiger partial charge < -0.3 is 0 Å². The van der Waals surface area contributed by atoms with E-state index in [1.165, 1.54) is 12.1 Å². The van der Waals surface area contributed by atoms with E-state index in [-0.39, 0.29) is 10.3 Å². The molecule has 0 aliphatic heterocycles. The fourth-order valence-electron chi connectivity index (χ4n) is 1.26. The summed E-state index contributed by atoms with van der Waals surface area (Å²) in [6, 6.07) is 4.37. The van der Waals surface area contributed by atoms with Crippen molar-refractivity contribution < 1.29 is 8.42 Å². The van der Waals surface area contributed by atoms with E-state index in [0.29, 0.717) is 5.52 Å². The summed E-state index contributed by atoms with van der Waals surface area (Å²) in [4.78, 5) is 11.1. The lowest BCUT2D eigenvalue weighted by molar-refractivity contribution is 0.610. The van der Waals surface area contributed by atoms with Gasteiger partial charge in [-0.05, 0) is 12.1 Å². The van der Waals surface area contributed by atoms with Crippen LogP contribution >= 0.6 is 10.7 Å². The number of aromatic amines is 2. The fraction of sp³-hybridized carbons (Fsp3) is 0. The van der Waals surface area contributed by atoms with Crippen molar-refractivity contribution in [3.05, 3.63) is 28.6 Å². The van der Waals surface area contributed by atoms with Crippen molar-refractivity contribution in [2.45, 2.75) is 4.90 Å². The Hall–Kier alpha value is -1.27. The molecule has 2 N–H and O–H groups in total. The van der Waals surface area contributed by atoms with Crippen LogP contribution in [-0.4, -0.2) is 18.6 Å². The molecule has 2 aromatic rings. The molecular weight excluding hydrogens is 228 g/mol. The summed E-state index contributed by atoms with van der Waals surface area (Å²) in [6.07, 6.45) is 0. The third-order valence-electron chi connectivity index (χ3n) is 1.83. The smallest absolute Gasteiger partial charge is 0.273 e. The van der Waals surface area contributed by atoms with E-state index in [0.717, 1.165) is 0 Å². The number of hydrogen-bond donors (Lipinski definition) is 2. The minimum atomic E-state index is -3.89. The van der Waals surface area contributed by atoms with Crippen LogP contribution in [0.5, 0.6) is 0 Å². The van der Waals surface area contributed by atoms with Crippen LogP contribution in [0, 0.1) is 0 Å². The van der Waals surface area contributed by atoms with Gasteiger partial charge in [0.15, 0.2) is 0 Å². The van der Waals surface area contributed by atoms with Crippen molar-refractivity contribution in [3.63, 3.8) is 0 Å². The van der Waals surface area contributed by atoms with Crippen LogP contribution in [0.2, 0.25) is 0 Å². The summed E-state index contributed by atoms with van der Waals surface area (Å²) in [5.41, 5.74) is -0.0865. The first-order valence-corrected chi connectivity index (χ1v) is 5.95. The summed E-state index contributed by atoms with van der Waals surface area (Å²) in [7, 11) is 1.28. The van der Waals surface area contributed by atoms with Crippen molar-refractivity contribution in [3.8, 4) is 0 Å². The lowest BCUT2D eigenvalue weighted by atomic mass is 10.2. The first kappa shape index (κ1) is 9.29. The van der Waals surface area contributed by atoms with Gasteiger partial charge in [-0.1, -0.05) is 6.07 Å². The predicted molar refractivity (Wildman–Crippen MR) is 52.0 cm³/mol. The Bertz CT molecular complexity index is 640. The number of nitrogens with one attached hydrogen (secondary N) is 2. The number of rotatable bonds is 1. The molecule has 0 aliphatic rings. The van der Waals surface area contributed by atoms with Gasteiger partial charge in [-0.25, -0.2) is 8.42 Å². The maximum atomic E-state index is 11.2. The number of H-pyrrole nitrogens is 2. The number of aromatic nitrogens is 2.